The van der Waals surface area contributed by atoms with Crippen LogP contribution < -0.4 is 0 Å². The fourth-order valence-corrected chi connectivity index (χ4v) is 2.04. The van der Waals surface area contributed by atoms with Crippen LogP contribution in [0.3, 0.4) is 0 Å². The number of nitrogens with zero attached hydrogens (tertiary/aromatic N) is 1. The molecular formula is C19H16F3NO3. The maximum Gasteiger partial charge on any atom is 0.416 e. The highest BCUT2D eigenvalue weighted by Crippen LogP contribution is 2.32. The van der Waals surface area contributed by atoms with E-state index in [-0.39, 0.29) is 28.8 Å². The highest BCUT2D eigenvalue weighted by Gasteiger charge is 2.30. The largest absolute Gasteiger partial charge is 0.459 e. The summed E-state index contributed by atoms with van der Waals surface area (Å²) >= 11 is 0. The molecule has 7 heteroatoms. The number of alkyl halides is 3. The topological polar surface area (TPSA) is 63.2 Å². The van der Waals surface area contributed by atoms with Gasteiger partial charge >= 0.3 is 12.1 Å². The van der Waals surface area contributed by atoms with E-state index in [1.807, 2.05) is 6.92 Å². The molecule has 0 saturated carbocycles. The molecule has 0 unspecified atom stereocenters. The summed E-state index contributed by atoms with van der Waals surface area (Å²) in [5.74, 6) is -0.427. The Labute approximate surface area is 148 Å². The summed E-state index contributed by atoms with van der Waals surface area (Å²) in [6, 6.07) is 9.35. The van der Waals surface area contributed by atoms with Gasteiger partial charge in [-0.2, -0.15) is 18.4 Å². The number of carbonyl (C=O) groups excluding carboxylic acids is 1. The van der Waals surface area contributed by atoms with Gasteiger partial charge in [-0.3, -0.25) is 0 Å². The first-order valence-corrected chi connectivity index (χ1v) is 7.84. The number of halogens is 3. The van der Waals surface area contributed by atoms with E-state index in [0.29, 0.717) is 6.42 Å². The van der Waals surface area contributed by atoms with Gasteiger partial charge in [0, 0.05) is 11.6 Å². The first-order valence-electron chi connectivity index (χ1n) is 7.84. The molecule has 1 atom stereocenters. The molecule has 2 aromatic rings. The predicted octanol–water partition coefficient (Wildman–Crippen LogP) is 5.21. The summed E-state index contributed by atoms with van der Waals surface area (Å²) in [5.41, 5.74) is -0.811. The average Bonchev–Trinajstić information content (AvgIpc) is 3.07. The van der Waals surface area contributed by atoms with Crippen molar-refractivity contribution < 1.29 is 27.1 Å². The van der Waals surface area contributed by atoms with Gasteiger partial charge in [0.15, 0.2) is 0 Å². The molecule has 0 aliphatic carbocycles. The predicted molar refractivity (Wildman–Crippen MR) is 88.6 cm³/mol. The van der Waals surface area contributed by atoms with Crippen molar-refractivity contribution in [3.05, 3.63) is 53.3 Å². The quantitative estimate of drug-likeness (QED) is 0.415. The second kappa shape index (κ2) is 7.91. The van der Waals surface area contributed by atoms with Gasteiger partial charge in [0.05, 0.1) is 11.7 Å². The number of benzene rings is 1. The summed E-state index contributed by atoms with van der Waals surface area (Å²) in [4.78, 5) is 11.9. The molecule has 0 spiro atoms. The Bertz CT molecular complexity index is 859. The Hall–Kier alpha value is -3.01. The van der Waals surface area contributed by atoms with Crippen molar-refractivity contribution in [1.29, 1.82) is 5.26 Å². The van der Waals surface area contributed by atoms with Crippen LogP contribution in [0.15, 0.2) is 46.4 Å². The zero-order valence-electron chi connectivity index (χ0n) is 14.1. The van der Waals surface area contributed by atoms with Gasteiger partial charge in [0.25, 0.3) is 0 Å². The molecule has 2 rings (SSSR count). The van der Waals surface area contributed by atoms with E-state index < -0.39 is 17.7 Å². The van der Waals surface area contributed by atoms with Crippen molar-refractivity contribution >= 4 is 12.0 Å². The second-order valence-electron chi connectivity index (χ2n) is 5.57. The zero-order chi connectivity index (χ0) is 19.3. The van der Waals surface area contributed by atoms with Gasteiger partial charge in [-0.05, 0) is 37.6 Å². The number of rotatable bonds is 5. The van der Waals surface area contributed by atoms with Crippen LogP contribution >= 0.6 is 0 Å². The Morgan fingerprint density at radius 3 is 2.69 bits per heavy atom. The first-order chi connectivity index (χ1) is 12.2. The smallest absolute Gasteiger partial charge is 0.416 e. The fourth-order valence-electron chi connectivity index (χ4n) is 2.04. The molecule has 1 aromatic carbocycles. The standard InChI is InChI=1S/C19H16F3NO3/c1-3-12(2)25-18(24)14(11-23)10-16-7-8-17(26-16)13-5-4-6-15(9-13)19(20,21)22/h4-10,12H,3H2,1-2H3/b14-10-/t12-/m1/s1. The van der Waals surface area contributed by atoms with Crippen molar-refractivity contribution in [2.45, 2.75) is 32.5 Å². The normalized spacial score (nSPS) is 13.2. The number of hydrogen-bond donors (Lipinski definition) is 0. The molecular weight excluding hydrogens is 347 g/mol. The Morgan fingerprint density at radius 2 is 2.08 bits per heavy atom. The van der Waals surface area contributed by atoms with Crippen LogP contribution in [0.1, 0.15) is 31.6 Å². The van der Waals surface area contributed by atoms with Crippen molar-refractivity contribution in [3.8, 4) is 17.4 Å². The minimum absolute atomic E-state index is 0.162. The Balaban J connectivity index is 2.27. The molecule has 0 fully saturated rings. The molecule has 1 heterocycles. The van der Waals surface area contributed by atoms with Crippen LogP contribution in [0.5, 0.6) is 0 Å². The Kier molecular flexibility index (Phi) is 5.88. The number of furan rings is 1. The van der Waals surface area contributed by atoms with E-state index in [9.17, 15) is 18.0 Å². The van der Waals surface area contributed by atoms with Gasteiger partial charge in [0.1, 0.15) is 23.2 Å². The third-order valence-electron chi connectivity index (χ3n) is 3.61. The number of hydrogen-bond acceptors (Lipinski definition) is 4. The third kappa shape index (κ3) is 4.76. The van der Waals surface area contributed by atoms with Crippen LogP contribution in [0.4, 0.5) is 13.2 Å². The van der Waals surface area contributed by atoms with E-state index in [2.05, 4.69) is 0 Å². The molecule has 1 aromatic heterocycles. The minimum atomic E-state index is -4.46. The molecule has 0 aliphatic rings. The third-order valence-corrected chi connectivity index (χ3v) is 3.61. The van der Waals surface area contributed by atoms with Crippen LogP contribution in [0.25, 0.3) is 17.4 Å². The number of ether oxygens (including phenoxy) is 1. The molecule has 136 valence electrons. The van der Waals surface area contributed by atoms with E-state index >= 15 is 0 Å². The lowest BCUT2D eigenvalue weighted by Crippen LogP contribution is -2.15. The van der Waals surface area contributed by atoms with Crippen LogP contribution in [-0.2, 0) is 15.7 Å². The van der Waals surface area contributed by atoms with Gasteiger partial charge in [0.2, 0.25) is 0 Å². The lowest BCUT2D eigenvalue weighted by Gasteiger charge is -2.09. The van der Waals surface area contributed by atoms with E-state index in [4.69, 9.17) is 14.4 Å². The summed E-state index contributed by atoms with van der Waals surface area (Å²) < 4.78 is 48.9. The SMILES string of the molecule is CC[C@@H](C)OC(=O)/C(C#N)=C\c1ccc(-c2cccc(C(F)(F)F)c2)o1. The molecule has 0 bridgehead atoms. The highest BCUT2D eigenvalue weighted by molar-refractivity contribution is 5.97. The molecule has 4 nitrogen and oxygen atoms in total. The van der Waals surface area contributed by atoms with Gasteiger partial charge < -0.3 is 9.15 Å². The highest BCUT2D eigenvalue weighted by atomic mass is 19.4. The molecule has 0 saturated heterocycles. The van der Waals surface area contributed by atoms with E-state index in [0.717, 1.165) is 12.1 Å². The van der Waals surface area contributed by atoms with Gasteiger partial charge in [-0.1, -0.05) is 19.1 Å². The van der Waals surface area contributed by atoms with Gasteiger partial charge in [-0.25, -0.2) is 4.79 Å². The molecule has 26 heavy (non-hydrogen) atoms. The van der Waals surface area contributed by atoms with Gasteiger partial charge in [-0.15, -0.1) is 0 Å². The Morgan fingerprint density at radius 1 is 1.35 bits per heavy atom. The zero-order valence-corrected chi connectivity index (χ0v) is 14.1. The van der Waals surface area contributed by atoms with Crippen LogP contribution in [-0.4, -0.2) is 12.1 Å². The number of esters is 1. The lowest BCUT2D eigenvalue weighted by molar-refractivity contribution is -0.143. The summed E-state index contributed by atoms with van der Waals surface area (Å²) in [7, 11) is 0. The lowest BCUT2D eigenvalue weighted by atomic mass is 10.1. The van der Waals surface area contributed by atoms with Crippen molar-refractivity contribution in [2.24, 2.45) is 0 Å². The maximum atomic E-state index is 12.8. The summed E-state index contributed by atoms with van der Waals surface area (Å²) in [6.07, 6.45) is -3.00. The molecule has 0 radical (unpaired) electrons. The van der Waals surface area contributed by atoms with Crippen LogP contribution in [0, 0.1) is 11.3 Å². The first kappa shape index (κ1) is 19.3. The number of carbonyl (C=O) groups is 1. The minimum Gasteiger partial charge on any atom is -0.459 e. The summed E-state index contributed by atoms with van der Waals surface area (Å²) in [6.45, 7) is 3.53. The fraction of sp³-hybridized carbons (Fsp3) is 0.263. The van der Waals surface area contributed by atoms with Crippen molar-refractivity contribution in [3.63, 3.8) is 0 Å². The van der Waals surface area contributed by atoms with Crippen molar-refractivity contribution in [1.82, 2.24) is 0 Å². The average molecular weight is 363 g/mol. The second-order valence-corrected chi connectivity index (χ2v) is 5.57. The van der Waals surface area contributed by atoms with Crippen LogP contribution in [0.2, 0.25) is 0 Å². The number of nitriles is 1. The van der Waals surface area contributed by atoms with E-state index in [1.54, 1.807) is 13.0 Å². The molecule has 0 aliphatic heterocycles. The van der Waals surface area contributed by atoms with Crippen molar-refractivity contribution in [2.75, 3.05) is 0 Å². The summed E-state index contributed by atoms with van der Waals surface area (Å²) in [5, 5.41) is 9.11. The monoisotopic (exact) mass is 363 g/mol. The molecule has 0 N–H and O–H groups in total. The maximum absolute atomic E-state index is 12.8. The molecule has 0 amide bonds. The van der Waals surface area contributed by atoms with E-state index in [1.165, 1.54) is 30.3 Å².